The highest BCUT2D eigenvalue weighted by molar-refractivity contribution is 7.92. The number of hydrogen-bond acceptors (Lipinski definition) is 4. The van der Waals surface area contributed by atoms with Crippen LogP contribution in [0.15, 0.2) is 29.2 Å². The predicted octanol–water partition coefficient (Wildman–Crippen LogP) is 1.44. The van der Waals surface area contributed by atoms with Crippen LogP contribution in [0.3, 0.4) is 0 Å². The van der Waals surface area contributed by atoms with E-state index in [0.29, 0.717) is 0 Å². The maximum Gasteiger partial charge on any atom is 0.470 e. The van der Waals surface area contributed by atoms with E-state index in [9.17, 15) is 13.0 Å². The van der Waals surface area contributed by atoms with Crippen molar-refractivity contribution < 1.29 is 27.3 Å². The van der Waals surface area contributed by atoms with Gasteiger partial charge in [-0.05, 0) is 19.1 Å². The first kappa shape index (κ1) is 15.6. The van der Waals surface area contributed by atoms with E-state index in [1.54, 1.807) is 19.1 Å². The summed E-state index contributed by atoms with van der Waals surface area (Å²) in [7, 11) is -8.98. The first-order valence-electron chi connectivity index (χ1n) is 4.77. The molecule has 0 heterocycles. The number of phosphoric acid groups is 1. The van der Waals surface area contributed by atoms with E-state index in [-0.39, 0.29) is 4.90 Å². The molecular formula is C9H12ClO6PS. The summed E-state index contributed by atoms with van der Waals surface area (Å²) < 4.78 is 38.9. The fourth-order valence-electron chi connectivity index (χ4n) is 1.20. The molecule has 0 aliphatic rings. The fourth-order valence-corrected chi connectivity index (χ4v) is 4.00. The van der Waals surface area contributed by atoms with Crippen LogP contribution in [0.4, 0.5) is 0 Å². The molecule has 0 radical (unpaired) electrons. The molecule has 18 heavy (non-hydrogen) atoms. The maximum absolute atomic E-state index is 12.0. The van der Waals surface area contributed by atoms with Crippen molar-refractivity contribution in [3.8, 4) is 0 Å². The van der Waals surface area contributed by atoms with Crippen LogP contribution in [0.25, 0.3) is 0 Å². The summed E-state index contributed by atoms with van der Waals surface area (Å²) in [4.78, 5) is 17.2. The predicted molar refractivity (Wildman–Crippen MR) is 66.0 cm³/mol. The number of benzene rings is 1. The van der Waals surface area contributed by atoms with Crippen molar-refractivity contribution in [3.63, 3.8) is 0 Å². The lowest BCUT2D eigenvalue weighted by Crippen LogP contribution is -2.25. The minimum Gasteiger partial charge on any atom is -0.303 e. The first-order valence-corrected chi connectivity index (χ1v) is 8.38. The molecule has 1 aromatic rings. The molecule has 1 rings (SSSR count). The minimum atomic E-state index is -4.93. The van der Waals surface area contributed by atoms with Crippen LogP contribution in [0.1, 0.15) is 5.56 Å². The van der Waals surface area contributed by atoms with Gasteiger partial charge in [-0.15, -0.1) is 11.6 Å². The van der Waals surface area contributed by atoms with E-state index in [1.807, 2.05) is 0 Å². The van der Waals surface area contributed by atoms with Gasteiger partial charge >= 0.3 is 7.82 Å². The summed E-state index contributed by atoms with van der Waals surface area (Å²) in [6, 6.07) is 5.78. The molecule has 1 atom stereocenters. The van der Waals surface area contributed by atoms with Gasteiger partial charge in [-0.25, -0.2) is 13.0 Å². The van der Waals surface area contributed by atoms with Crippen LogP contribution >= 0.6 is 19.4 Å². The van der Waals surface area contributed by atoms with Crippen LogP contribution < -0.4 is 0 Å². The summed E-state index contributed by atoms with van der Waals surface area (Å²) in [6.07, 6.45) is 0. The summed E-state index contributed by atoms with van der Waals surface area (Å²) >= 11 is 5.39. The van der Waals surface area contributed by atoms with Gasteiger partial charge in [0.1, 0.15) is 0 Å². The lowest BCUT2D eigenvalue weighted by atomic mass is 10.2. The number of phosphoric ester groups is 1. The topological polar surface area (TPSA) is 101 Å². The number of aryl methyl sites for hydroxylation is 1. The lowest BCUT2D eigenvalue weighted by molar-refractivity contribution is 0.186. The Kier molecular flexibility index (Phi) is 4.94. The molecule has 0 amide bonds. The maximum atomic E-state index is 12.0. The monoisotopic (exact) mass is 314 g/mol. The van der Waals surface area contributed by atoms with E-state index in [1.165, 1.54) is 12.1 Å². The molecule has 0 fully saturated rings. The number of sulfone groups is 1. The standard InChI is InChI=1S/C9H12ClO6PS/c1-7-2-4-8(5-3-7)18(14,15)9(6-10)16-17(11,12)13/h2-5,9H,6H2,1H3,(H2,11,12,13). The summed E-state index contributed by atoms with van der Waals surface area (Å²) in [5.74, 6) is -0.582. The number of alkyl halides is 1. The highest BCUT2D eigenvalue weighted by atomic mass is 35.5. The molecular weight excluding hydrogens is 303 g/mol. The lowest BCUT2D eigenvalue weighted by Gasteiger charge is -2.16. The third kappa shape index (κ3) is 4.05. The van der Waals surface area contributed by atoms with Crippen molar-refractivity contribution in [3.05, 3.63) is 29.8 Å². The second-order valence-electron chi connectivity index (χ2n) is 3.54. The average molecular weight is 315 g/mol. The van der Waals surface area contributed by atoms with E-state index < -0.39 is 29.0 Å². The van der Waals surface area contributed by atoms with Crippen LogP contribution in [0.5, 0.6) is 0 Å². The molecule has 102 valence electrons. The van der Waals surface area contributed by atoms with Crippen molar-refractivity contribution in [2.45, 2.75) is 17.3 Å². The van der Waals surface area contributed by atoms with E-state index in [4.69, 9.17) is 21.4 Å². The fraction of sp³-hybridized carbons (Fsp3) is 0.333. The third-order valence-corrected chi connectivity index (χ3v) is 5.10. The first-order chi connectivity index (χ1) is 8.16. The summed E-state index contributed by atoms with van der Waals surface area (Å²) in [6.45, 7) is 1.78. The summed E-state index contributed by atoms with van der Waals surface area (Å²) in [5, 5.41) is 0. The van der Waals surface area contributed by atoms with Gasteiger partial charge in [0, 0.05) is 0 Å². The van der Waals surface area contributed by atoms with Gasteiger partial charge in [0.15, 0.2) is 5.44 Å². The van der Waals surface area contributed by atoms with Crippen molar-refractivity contribution in [1.29, 1.82) is 0 Å². The normalized spacial score (nSPS) is 14.4. The quantitative estimate of drug-likeness (QED) is 0.630. The molecule has 0 bridgehead atoms. The number of rotatable bonds is 5. The Balaban J connectivity index is 3.11. The van der Waals surface area contributed by atoms with E-state index in [2.05, 4.69) is 4.52 Å². The largest absolute Gasteiger partial charge is 0.470 e. The summed E-state index contributed by atoms with van der Waals surface area (Å²) in [5.41, 5.74) is -0.935. The third-order valence-electron chi connectivity index (χ3n) is 2.08. The number of halogens is 1. The van der Waals surface area contributed by atoms with Gasteiger partial charge in [-0.2, -0.15) is 0 Å². The molecule has 9 heteroatoms. The van der Waals surface area contributed by atoms with Crippen LogP contribution in [-0.2, 0) is 18.9 Å². The Hall–Kier alpha value is -0.430. The van der Waals surface area contributed by atoms with Crippen molar-refractivity contribution in [2.75, 3.05) is 5.88 Å². The highest BCUT2D eigenvalue weighted by Crippen LogP contribution is 2.40. The molecule has 2 N–H and O–H groups in total. The molecule has 6 nitrogen and oxygen atoms in total. The van der Waals surface area contributed by atoms with Crippen molar-refractivity contribution in [2.24, 2.45) is 0 Å². The Morgan fingerprint density at radius 3 is 2.22 bits per heavy atom. The van der Waals surface area contributed by atoms with Gasteiger partial charge in [-0.1, -0.05) is 17.7 Å². The van der Waals surface area contributed by atoms with Gasteiger partial charge in [0.25, 0.3) is 0 Å². The van der Waals surface area contributed by atoms with E-state index in [0.717, 1.165) is 5.56 Å². The SMILES string of the molecule is Cc1ccc(S(=O)(=O)C(CCl)OP(=O)(O)O)cc1. The Morgan fingerprint density at radius 2 is 1.83 bits per heavy atom. The minimum absolute atomic E-state index is 0.104. The van der Waals surface area contributed by atoms with Gasteiger partial charge in [0.05, 0.1) is 10.8 Å². The second-order valence-corrected chi connectivity index (χ2v) is 7.13. The van der Waals surface area contributed by atoms with Gasteiger partial charge in [0.2, 0.25) is 9.84 Å². The Labute approximate surface area is 110 Å². The van der Waals surface area contributed by atoms with Crippen LogP contribution in [0.2, 0.25) is 0 Å². The Morgan fingerprint density at radius 1 is 1.33 bits per heavy atom. The molecule has 0 aliphatic carbocycles. The van der Waals surface area contributed by atoms with Gasteiger partial charge < -0.3 is 9.79 Å². The molecule has 1 unspecified atom stereocenters. The zero-order chi connectivity index (χ0) is 14.0. The molecule has 1 aromatic carbocycles. The van der Waals surface area contributed by atoms with Crippen LogP contribution in [0, 0.1) is 6.92 Å². The molecule has 0 aliphatic heterocycles. The smallest absolute Gasteiger partial charge is 0.303 e. The van der Waals surface area contributed by atoms with Crippen LogP contribution in [-0.4, -0.2) is 29.5 Å². The zero-order valence-corrected chi connectivity index (χ0v) is 11.8. The van der Waals surface area contributed by atoms with E-state index >= 15 is 0 Å². The number of hydrogen-bond donors (Lipinski definition) is 2. The highest BCUT2D eigenvalue weighted by Gasteiger charge is 2.33. The van der Waals surface area contributed by atoms with Crippen molar-refractivity contribution >= 4 is 29.3 Å². The second kappa shape index (κ2) is 5.69. The molecule has 0 saturated heterocycles. The average Bonchev–Trinajstić information content (AvgIpc) is 2.25. The molecule has 0 aromatic heterocycles. The van der Waals surface area contributed by atoms with Gasteiger partial charge in [-0.3, -0.25) is 4.52 Å². The molecule has 0 saturated carbocycles. The zero-order valence-electron chi connectivity index (χ0n) is 9.35. The Bertz CT molecular complexity index is 549. The molecule has 0 spiro atoms. The van der Waals surface area contributed by atoms with Crippen molar-refractivity contribution in [1.82, 2.24) is 0 Å².